The van der Waals surface area contributed by atoms with Crippen molar-refractivity contribution in [2.45, 2.75) is 11.3 Å². The van der Waals surface area contributed by atoms with Crippen LogP contribution in [0.1, 0.15) is 6.42 Å². The molecule has 0 N–H and O–H groups in total. The maximum absolute atomic E-state index is 12.3. The van der Waals surface area contributed by atoms with Crippen LogP contribution >= 0.6 is 11.3 Å². The predicted molar refractivity (Wildman–Crippen MR) is 105 cm³/mol. The first kappa shape index (κ1) is 18.7. The Morgan fingerprint density at radius 2 is 1.82 bits per heavy atom. The fourth-order valence-corrected chi connectivity index (χ4v) is 5.20. The van der Waals surface area contributed by atoms with Crippen molar-refractivity contribution in [2.75, 3.05) is 19.0 Å². The van der Waals surface area contributed by atoms with Crippen LogP contribution in [0.15, 0.2) is 52.4 Å². The van der Waals surface area contributed by atoms with E-state index >= 15 is 0 Å². The third kappa shape index (κ3) is 3.67. The summed E-state index contributed by atoms with van der Waals surface area (Å²) < 4.78 is 38.5. The van der Waals surface area contributed by atoms with Crippen molar-refractivity contribution in [3.8, 4) is 11.5 Å². The molecule has 1 aliphatic heterocycles. The van der Waals surface area contributed by atoms with Gasteiger partial charge < -0.3 is 14.0 Å². The van der Waals surface area contributed by atoms with Crippen LogP contribution in [-0.2, 0) is 21.7 Å². The Hall–Kier alpha value is -2.65. The summed E-state index contributed by atoms with van der Waals surface area (Å²) in [6, 6.07) is 11.8. The van der Waals surface area contributed by atoms with Gasteiger partial charge in [0.25, 0.3) is 0 Å². The van der Waals surface area contributed by atoms with E-state index in [1.54, 1.807) is 22.8 Å². The summed E-state index contributed by atoms with van der Waals surface area (Å²) in [5.41, 5.74) is 0.873. The maximum Gasteiger partial charge on any atom is 0.249 e. The minimum absolute atomic E-state index is 0.172. The van der Waals surface area contributed by atoms with Gasteiger partial charge >= 0.3 is 0 Å². The summed E-state index contributed by atoms with van der Waals surface area (Å²) in [7, 11) is -1.70. The van der Waals surface area contributed by atoms with Crippen LogP contribution in [0.2, 0.25) is 0 Å². The number of fused-ring (bicyclic) bond motifs is 2. The minimum atomic E-state index is -3.51. The Morgan fingerprint density at radius 3 is 2.54 bits per heavy atom. The smallest absolute Gasteiger partial charge is 0.249 e. The number of hydrogen-bond donors (Lipinski definition) is 0. The van der Waals surface area contributed by atoms with Gasteiger partial charge in [-0.1, -0.05) is 29.5 Å². The minimum Gasteiger partial charge on any atom is -0.486 e. The van der Waals surface area contributed by atoms with Crippen molar-refractivity contribution in [3.05, 3.63) is 47.3 Å². The van der Waals surface area contributed by atoms with Crippen molar-refractivity contribution in [1.29, 1.82) is 0 Å². The molecular formula is C19H18N2O5S2. The molecule has 2 aromatic carbocycles. The second-order valence-electron chi connectivity index (χ2n) is 6.29. The number of aromatic nitrogens is 1. The zero-order valence-corrected chi connectivity index (χ0v) is 16.8. The molecule has 1 aliphatic rings. The molecule has 0 fully saturated rings. The molecule has 28 heavy (non-hydrogen) atoms. The quantitative estimate of drug-likeness (QED) is 0.649. The molecule has 0 saturated heterocycles. The molecule has 7 nitrogen and oxygen atoms in total. The fourth-order valence-electron chi connectivity index (χ4n) is 2.90. The fraction of sp³-hybridized carbons (Fsp3) is 0.263. The topological polar surface area (TPSA) is 87.0 Å². The lowest BCUT2D eigenvalue weighted by molar-refractivity contribution is -0.117. The number of ether oxygens (including phenoxy) is 2. The number of nitrogens with zero attached hydrogens (tertiary/aromatic N) is 2. The van der Waals surface area contributed by atoms with Crippen LogP contribution in [0.4, 0.5) is 0 Å². The summed E-state index contributed by atoms with van der Waals surface area (Å²) >= 11 is 1.35. The summed E-state index contributed by atoms with van der Waals surface area (Å²) in [6.07, 6.45) is -0.172. The molecule has 3 aromatic rings. The van der Waals surface area contributed by atoms with Gasteiger partial charge in [-0.3, -0.25) is 4.79 Å². The molecule has 1 amide bonds. The molecule has 0 bridgehead atoms. The van der Waals surface area contributed by atoms with Gasteiger partial charge in [0.2, 0.25) is 5.91 Å². The molecule has 0 aliphatic carbocycles. The number of carbonyl (C=O) groups excluding carboxylic acids is 1. The van der Waals surface area contributed by atoms with Crippen LogP contribution in [-0.4, -0.2) is 37.9 Å². The molecular weight excluding hydrogens is 400 g/mol. The van der Waals surface area contributed by atoms with E-state index in [-0.39, 0.29) is 17.1 Å². The summed E-state index contributed by atoms with van der Waals surface area (Å²) in [5.74, 6) is 0.592. The number of benzene rings is 2. The average molecular weight is 418 g/mol. The van der Waals surface area contributed by atoms with Crippen LogP contribution in [0, 0.1) is 0 Å². The van der Waals surface area contributed by atoms with Crippen LogP contribution in [0.3, 0.4) is 0 Å². The van der Waals surface area contributed by atoms with Crippen molar-refractivity contribution in [1.82, 2.24) is 4.57 Å². The zero-order valence-electron chi connectivity index (χ0n) is 15.1. The third-order valence-electron chi connectivity index (χ3n) is 4.38. The monoisotopic (exact) mass is 418 g/mol. The second kappa shape index (κ2) is 7.40. The van der Waals surface area contributed by atoms with E-state index < -0.39 is 15.7 Å². The summed E-state index contributed by atoms with van der Waals surface area (Å²) in [5, 5.41) is 0. The molecule has 0 saturated carbocycles. The summed E-state index contributed by atoms with van der Waals surface area (Å²) in [6.45, 7) is 1.000. The van der Waals surface area contributed by atoms with Gasteiger partial charge in [0, 0.05) is 25.6 Å². The van der Waals surface area contributed by atoms with E-state index in [0.29, 0.717) is 29.5 Å². The third-order valence-corrected chi connectivity index (χ3v) is 7.21. The molecule has 4 rings (SSSR count). The molecule has 0 radical (unpaired) electrons. The van der Waals surface area contributed by atoms with Gasteiger partial charge in [0.15, 0.2) is 26.1 Å². The highest BCUT2D eigenvalue weighted by Crippen LogP contribution is 2.35. The first-order chi connectivity index (χ1) is 13.4. The Bertz CT molecular complexity index is 1210. The predicted octanol–water partition coefficient (Wildman–Crippen LogP) is 2.30. The molecule has 2 heterocycles. The molecule has 0 atom stereocenters. The summed E-state index contributed by atoms with van der Waals surface area (Å²) in [4.78, 5) is 17.1. The number of thiazole rings is 1. The molecule has 0 unspecified atom stereocenters. The number of sulfone groups is 1. The Labute approximate surface area is 165 Å². The van der Waals surface area contributed by atoms with Gasteiger partial charge in [-0.05, 0) is 12.1 Å². The van der Waals surface area contributed by atoms with Gasteiger partial charge in [0.05, 0.1) is 20.9 Å². The van der Waals surface area contributed by atoms with Crippen molar-refractivity contribution in [3.63, 3.8) is 0 Å². The van der Waals surface area contributed by atoms with E-state index in [1.807, 2.05) is 19.2 Å². The highest BCUT2D eigenvalue weighted by molar-refractivity contribution is 7.91. The molecule has 1 aromatic heterocycles. The molecule has 0 spiro atoms. The lowest BCUT2D eigenvalue weighted by Crippen LogP contribution is -2.16. The number of amides is 1. The Kier molecular flexibility index (Phi) is 4.94. The van der Waals surface area contributed by atoms with Gasteiger partial charge in [-0.2, -0.15) is 4.99 Å². The van der Waals surface area contributed by atoms with Gasteiger partial charge in [-0.15, -0.1) is 0 Å². The van der Waals surface area contributed by atoms with Gasteiger partial charge in [0.1, 0.15) is 13.2 Å². The highest BCUT2D eigenvalue weighted by Gasteiger charge is 2.17. The Morgan fingerprint density at radius 1 is 1.14 bits per heavy atom. The number of carbonyl (C=O) groups is 1. The first-order valence-corrected chi connectivity index (χ1v) is 11.2. The van der Waals surface area contributed by atoms with Gasteiger partial charge in [-0.25, -0.2) is 8.42 Å². The Balaban J connectivity index is 1.57. The molecule has 146 valence electrons. The van der Waals surface area contributed by atoms with E-state index in [4.69, 9.17) is 9.47 Å². The van der Waals surface area contributed by atoms with Crippen LogP contribution in [0.25, 0.3) is 10.2 Å². The van der Waals surface area contributed by atoms with Crippen molar-refractivity contribution < 1.29 is 22.7 Å². The normalized spacial score (nSPS) is 14.4. The van der Waals surface area contributed by atoms with E-state index in [1.165, 1.54) is 23.5 Å². The lowest BCUT2D eigenvalue weighted by Gasteiger charge is -2.18. The lowest BCUT2D eigenvalue weighted by atomic mass is 10.3. The first-order valence-electron chi connectivity index (χ1n) is 8.68. The van der Waals surface area contributed by atoms with Crippen LogP contribution in [0.5, 0.6) is 11.5 Å². The SMILES string of the molecule is Cn1c(=NC(=O)CCS(=O)(=O)c2ccccc2)sc2cc3c(cc21)OCCO3. The number of hydrogen-bond acceptors (Lipinski definition) is 6. The maximum atomic E-state index is 12.3. The van der Waals surface area contributed by atoms with Crippen LogP contribution < -0.4 is 14.3 Å². The van der Waals surface area contributed by atoms with E-state index in [2.05, 4.69) is 4.99 Å². The largest absolute Gasteiger partial charge is 0.486 e. The standard InChI is InChI=1S/C19H18N2O5S2/c1-21-14-11-15-16(26-9-8-25-15)12-17(14)27-19(21)20-18(22)7-10-28(23,24)13-5-3-2-4-6-13/h2-6,11-12H,7-10H2,1H3. The van der Waals surface area contributed by atoms with Crippen molar-refractivity contribution >= 4 is 37.3 Å². The second-order valence-corrected chi connectivity index (χ2v) is 9.41. The number of rotatable bonds is 4. The average Bonchev–Trinajstić information content (AvgIpc) is 3.00. The zero-order chi connectivity index (χ0) is 19.7. The van der Waals surface area contributed by atoms with E-state index in [9.17, 15) is 13.2 Å². The van der Waals surface area contributed by atoms with E-state index in [0.717, 1.165) is 10.2 Å². The highest BCUT2D eigenvalue weighted by atomic mass is 32.2. The molecule has 9 heteroatoms. The van der Waals surface area contributed by atoms with Crippen molar-refractivity contribution in [2.24, 2.45) is 12.0 Å². The number of aryl methyl sites for hydroxylation is 1.